The van der Waals surface area contributed by atoms with Crippen LogP contribution in [0, 0.1) is 0 Å². The maximum atomic E-state index is 14.3. The van der Waals surface area contributed by atoms with Crippen LogP contribution in [0.3, 0.4) is 0 Å². The van der Waals surface area contributed by atoms with Crippen LogP contribution in [0.5, 0.6) is 0 Å². The van der Waals surface area contributed by atoms with Crippen LogP contribution < -0.4 is 0 Å². The predicted molar refractivity (Wildman–Crippen MR) is 169 cm³/mol. The Balaban J connectivity index is 1.60. The third-order valence-electron chi connectivity index (χ3n) is 8.17. The second-order valence-electron chi connectivity index (χ2n) is 12.1. The monoisotopic (exact) mass is 632 g/mol. The molecule has 1 aliphatic heterocycles. The van der Waals surface area contributed by atoms with E-state index >= 15 is 0 Å². The minimum absolute atomic E-state index is 0.0677. The van der Waals surface area contributed by atoms with Crippen molar-refractivity contribution in [3.63, 3.8) is 0 Å². The molecule has 1 heterocycles. The van der Waals surface area contributed by atoms with Crippen LogP contribution in [-0.2, 0) is 40.2 Å². The number of rotatable bonds is 12. The molecule has 0 aliphatic carbocycles. The van der Waals surface area contributed by atoms with Crippen molar-refractivity contribution in [2.75, 3.05) is 0 Å². The van der Waals surface area contributed by atoms with Crippen molar-refractivity contribution in [3.05, 3.63) is 144 Å². The molecule has 0 unspecified atom stereocenters. The van der Waals surface area contributed by atoms with Gasteiger partial charge in [0.15, 0.2) is 5.79 Å². The molecule has 242 valence electrons. The van der Waals surface area contributed by atoms with Crippen molar-refractivity contribution in [3.8, 4) is 0 Å². The van der Waals surface area contributed by atoms with Gasteiger partial charge in [-0.2, -0.15) is 18.2 Å². The summed E-state index contributed by atoms with van der Waals surface area (Å²) in [6.07, 6.45) is -6.71. The van der Waals surface area contributed by atoms with E-state index in [1.54, 1.807) is 56.3 Å². The Morgan fingerprint density at radius 1 is 0.674 bits per heavy atom. The molecule has 1 saturated heterocycles. The van der Waals surface area contributed by atoms with Gasteiger partial charge in [0, 0.05) is 13.1 Å². The Labute approximate surface area is 267 Å². The van der Waals surface area contributed by atoms with Crippen LogP contribution in [0.2, 0.25) is 0 Å². The summed E-state index contributed by atoms with van der Waals surface area (Å²) >= 11 is 0. The number of hydrogen-bond donors (Lipinski definition) is 1. The first-order valence-electron chi connectivity index (χ1n) is 15.3. The second kappa shape index (κ2) is 14.6. The van der Waals surface area contributed by atoms with Crippen molar-refractivity contribution >= 4 is 5.91 Å². The molecule has 1 aliphatic rings. The van der Waals surface area contributed by atoms with E-state index < -0.39 is 42.2 Å². The van der Waals surface area contributed by atoms with Gasteiger partial charge in [0.2, 0.25) is 0 Å². The molecule has 0 bridgehead atoms. The third kappa shape index (κ3) is 8.61. The van der Waals surface area contributed by atoms with E-state index in [0.717, 1.165) is 21.6 Å². The molecule has 1 N–H and O–H groups in total. The van der Waals surface area contributed by atoms with Crippen LogP contribution in [0.4, 0.5) is 13.2 Å². The SMILES string of the molecule is CC1(C)O[C@@H]([C@@H](Cc2ccccc2)N(Cc2ccccc2)C(=O)C(F)(F)F)[C@H]([C@H](Cc2ccccc2)N(O)Cc2ccccc2)O1. The fraction of sp³-hybridized carbons (Fsp3) is 0.324. The number of benzene rings is 4. The summed E-state index contributed by atoms with van der Waals surface area (Å²) in [6, 6.07) is 34.7. The zero-order chi connectivity index (χ0) is 32.7. The number of hydrogen-bond acceptors (Lipinski definition) is 5. The quantitative estimate of drug-likeness (QED) is 0.167. The van der Waals surface area contributed by atoms with Gasteiger partial charge in [0.05, 0.1) is 12.1 Å². The van der Waals surface area contributed by atoms with Crippen molar-refractivity contribution < 1.29 is 32.6 Å². The number of halogens is 3. The van der Waals surface area contributed by atoms with Crippen LogP contribution in [-0.4, -0.2) is 57.3 Å². The fourth-order valence-corrected chi connectivity index (χ4v) is 6.09. The number of ether oxygens (including phenoxy) is 2. The zero-order valence-corrected chi connectivity index (χ0v) is 25.9. The first-order chi connectivity index (χ1) is 22.0. The Morgan fingerprint density at radius 2 is 1.04 bits per heavy atom. The maximum absolute atomic E-state index is 14.3. The average molecular weight is 633 g/mol. The standard InChI is InChI=1S/C37H39F3N2O4/c1-36(2)45-33(34(46-36)32(24-28-17-9-4-10-18-28)42(44)26-30-21-13-6-14-22-30)31(23-27-15-7-3-8-16-27)41(35(43)37(38,39)40)25-29-19-11-5-12-20-29/h3-22,31-34,44H,23-26H2,1-2H3/t31-,32+,33+,34+/m1/s1. The highest BCUT2D eigenvalue weighted by Crippen LogP contribution is 2.38. The Bertz CT molecular complexity index is 1520. The number of carbonyl (C=O) groups is 1. The molecule has 6 nitrogen and oxygen atoms in total. The first kappa shape index (κ1) is 33.3. The van der Waals surface area contributed by atoms with Gasteiger partial charge in [0.25, 0.3) is 0 Å². The van der Waals surface area contributed by atoms with Gasteiger partial charge in [-0.05, 0) is 48.9 Å². The third-order valence-corrected chi connectivity index (χ3v) is 8.17. The normalized spacial score (nSPS) is 19.1. The van der Waals surface area contributed by atoms with Gasteiger partial charge >= 0.3 is 12.1 Å². The zero-order valence-electron chi connectivity index (χ0n) is 25.9. The number of amides is 1. The van der Waals surface area contributed by atoms with Crippen molar-refractivity contribution in [1.82, 2.24) is 9.96 Å². The lowest BCUT2D eigenvalue weighted by molar-refractivity contribution is -0.193. The van der Waals surface area contributed by atoms with E-state index in [1.807, 2.05) is 78.9 Å². The molecule has 9 heteroatoms. The van der Waals surface area contributed by atoms with Gasteiger partial charge in [-0.1, -0.05) is 121 Å². The molecule has 4 aromatic carbocycles. The summed E-state index contributed by atoms with van der Waals surface area (Å²) in [6.45, 7) is 3.25. The number of nitrogens with zero attached hydrogens (tertiary/aromatic N) is 2. The Hall–Kier alpha value is -4.02. The Morgan fingerprint density at radius 3 is 1.48 bits per heavy atom. The highest BCUT2D eigenvalue weighted by Gasteiger charge is 2.54. The van der Waals surface area contributed by atoms with Gasteiger partial charge in [0.1, 0.15) is 12.2 Å². The van der Waals surface area contributed by atoms with Gasteiger partial charge in [-0.3, -0.25) is 4.79 Å². The van der Waals surface area contributed by atoms with Crippen LogP contribution >= 0.6 is 0 Å². The van der Waals surface area contributed by atoms with E-state index in [-0.39, 0.29) is 19.5 Å². The molecule has 1 amide bonds. The lowest BCUT2D eigenvalue weighted by Gasteiger charge is -2.40. The van der Waals surface area contributed by atoms with E-state index in [1.165, 1.54) is 5.06 Å². The topological polar surface area (TPSA) is 62.2 Å². The second-order valence-corrected chi connectivity index (χ2v) is 12.1. The van der Waals surface area contributed by atoms with Crippen molar-refractivity contribution in [1.29, 1.82) is 0 Å². The van der Waals surface area contributed by atoms with Crippen molar-refractivity contribution in [2.45, 2.75) is 76.0 Å². The Kier molecular flexibility index (Phi) is 10.6. The fourth-order valence-electron chi connectivity index (χ4n) is 6.09. The van der Waals surface area contributed by atoms with E-state index in [4.69, 9.17) is 9.47 Å². The van der Waals surface area contributed by atoms with E-state index in [2.05, 4.69) is 0 Å². The molecule has 0 aromatic heterocycles. The van der Waals surface area contributed by atoms with Gasteiger partial charge in [-0.25, -0.2) is 0 Å². The highest BCUT2D eigenvalue weighted by molar-refractivity contribution is 5.82. The molecule has 4 atom stereocenters. The van der Waals surface area contributed by atoms with Crippen LogP contribution in [0.25, 0.3) is 0 Å². The average Bonchev–Trinajstić information content (AvgIpc) is 3.37. The lowest BCUT2D eigenvalue weighted by atomic mass is 9.89. The summed E-state index contributed by atoms with van der Waals surface area (Å²) < 4.78 is 56.0. The van der Waals surface area contributed by atoms with E-state index in [0.29, 0.717) is 12.0 Å². The van der Waals surface area contributed by atoms with Crippen LogP contribution in [0.15, 0.2) is 121 Å². The molecule has 0 saturated carbocycles. The molecule has 4 aromatic rings. The summed E-state index contributed by atoms with van der Waals surface area (Å²) in [5, 5.41) is 12.9. The molecular weight excluding hydrogens is 593 g/mol. The molecule has 0 spiro atoms. The van der Waals surface area contributed by atoms with Gasteiger partial charge in [-0.15, -0.1) is 0 Å². The molecule has 0 radical (unpaired) electrons. The summed E-state index contributed by atoms with van der Waals surface area (Å²) in [5.41, 5.74) is 3.02. The maximum Gasteiger partial charge on any atom is 0.471 e. The lowest BCUT2D eigenvalue weighted by Crippen LogP contribution is -2.58. The minimum Gasteiger partial charge on any atom is -0.343 e. The largest absolute Gasteiger partial charge is 0.471 e. The molecule has 5 rings (SSSR count). The number of alkyl halides is 3. The van der Waals surface area contributed by atoms with Crippen molar-refractivity contribution in [2.24, 2.45) is 0 Å². The smallest absolute Gasteiger partial charge is 0.343 e. The summed E-state index contributed by atoms with van der Waals surface area (Å²) in [5.74, 6) is -3.18. The summed E-state index contributed by atoms with van der Waals surface area (Å²) in [4.78, 5) is 14.2. The molecule has 1 fully saturated rings. The molecule has 46 heavy (non-hydrogen) atoms. The number of hydroxylamine groups is 2. The van der Waals surface area contributed by atoms with E-state index in [9.17, 15) is 23.2 Å². The van der Waals surface area contributed by atoms with Gasteiger partial charge < -0.3 is 19.6 Å². The highest BCUT2D eigenvalue weighted by atomic mass is 19.4. The predicted octanol–water partition coefficient (Wildman–Crippen LogP) is 7.21. The summed E-state index contributed by atoms with van der Waals surface area (Å²) in [7, 11) is 0. The first-order valence-corrected chi connectivity index (χ1v) is 15.3. The molecular formula is C37H39F3N2O4. The van der Waals surface area contributed by atoms with Crippen LogP contribution in [0.1, 0.15) is 36.1 Å². The number of carbonyl (C=O) groups excluding carboxylic acids is 1. The minimum atomic E-state index is -5.13.